The Labute approximate surface area is 145 Å². The van der Waals surface area contributed by atoms with Gasteiger partial charge in [-0.05, 0) is 52.4 Å². The average Bonchev–Trinajstić information content (AvgIpc) is 2.83. The van der Waals surface area contributed by atoms with Crippen molar-refractivity contribution >= 4 is 34.4 Å². The van der Waals surface area contributed by atoms with Crippen LogP contribution in [0, 0.1) is 9.39 Å². The summed E-state index contributed by atoms with van der Waals surface area (Å²) in [7, 11) is 0. The molecule has 2 aromatic carbocycles. The molecule has 1 fully saturated rings. The zero-order valence-corrected chi connectivity index (χ0v) is 14.0. The van der Waals surface area contributed by atoms with Crippen molar-refractivity contribution in [2.75, 3.05) is 6.54 Å². The molecule has 0 saturated carbocycles. The van der Waals surface area contributed by atoms with E-state index in [1.807, 2.05) is 6.07 Å². The predicted molar refractivity (Wildman–Crippen MR) is 88.0 cm³/mol. The maximum absolute atomic E-state index is 13.9. The lowest BCUT2D eigenvalue weighted by atomic mass is 10.1. The number of amides is 2. The van der Waals surface area contributed by atoms with E-state index >= 15 is 0 Å². The van der Waals surface area contributed by atoms with Gasteiger partial charge in [0, 0.05) is 3.57 Å². The van der Waals surface area contributed by atoms with Gasteiger partial charge in [-0.25, -0.2) is 4.39 Å². The van der Waals surface area contributed by atoms with Crippen LogP contribution in [0.5, 0.6) is 0 Å². The lowest BCUT2D eigenvalue weighted by Gasteiger charge is -2.26. The van der Waals surface area contributed by atoms with E-state index in [9.17, 15) is 19.2 Å². The van der Waals surface area contributed by atoms with Crippen molar-refractivity contribution in [3.8, 4) is 0 Å². The standard InChI is InChI=1S/C16H12FIN2O3/c17-13-7-2-1-6-12(13)16(22)19-9-14(21)20(23)15(19)10-4-3-5-11(18)8-10/h1-8,15,23H,9H2. The fraction of sp³-hybridized carbons (Fsp3) is 0.125. The molecule has 1 unspecified atom stereocenters. The first-order valence-electron chi connectivity index (χ1n) is 6.81. The second-order valence-electron chi connectivity index (χ2n) is 5.08. The third kappa shape index (κ3) is 2.93. The first-order chi connectivity index (χ1) is 11.0. The van der Waals surface area contributed by atoms with Crippen LogP contribution in [0.2, 0.25) is 0 Å². The monoisotopic (exact) mass is 426 g/mol. The van der Waals surface area contributed by atoms with E-state index < -0.39 is 23.8 Å². The van der Waals surface area contributed by atoms with E-state index in [-0.39, 0.29) is 12.1 Å². The van der Waals surface area contributed by atoms with Crippen LogP contribution in [0.1, 0.15) is 22.1 Å². The van der Waals surface area contributed by atoms with Gasteiger partial charge in [-0.2, -0.15) is 5.06 Å². The van der Waals surface area contributed by atoms with Crippen LogP contribution in [-0.2, 0) is 4.79 Å². The predicted octanol–water partition coefficient (Wildman–Crippen LogP) is 2.80. The van der Waals surface area contributed by atoms with E-state index in [1.54, 1.807) is 24.3 Å². The third-order valence-electron chi connectivity index (χ3n) is 3.60. The zero-order chi connectivity index (χ0) is 16.6. The number of nitrogens with zero attached hydrogens (tertiary/aromatic N) is 2. The van der Waals surface area contributed by atoms with Gasteiger partial charge in [0.2, 0.25) is 0 Å². The normalized spacial score (nSPS) is 17.7. The van der Waals surface area contributed by atoms with Gasteiger partial charge < -0.3 is 4.90 Å². The summed E-state index contributed by atoms with van der Waals surface area (Å²) >= 11 is 2.10. The summed E-state index contributed by atoms with van der Waals surface area (Å²) in [6, 6.07) is 12.6. The van der Waals surface area contributed by atoms with Crippen LogP contribution < -0.4 is 0 Å². The van der Waals surface area contributed by atoms with Gasteiger partial charge in [0.25, 0.3) is 11.8 Å². The number of benzene rings is 2. The Balaban J connectivity index is 2.01. The Morgan fingerprint density at radius 3 is 2.65 bits per heavy atom. The number of halogens is 2. The summed E-state index contributed by atoms with van der Waals surface area (Å²) in [5, 5.41) is 10.5. The summed E-state index contributed by atoms with van der Waals surface area (Å²) in [4.78, 5) is 25.6. The van der Waals surface area contributed by atoms with Gasteiger partial charge in [0.1, 0.15) is 12.4 Å². The number of hydroxylamine groups is 2. The molecular formula is C16H12FIN2O3. The van der Waals surface area contributed by atoms with Crippen molar-refractivity contribution < 1.29 is 19.2 Å². The van der Waals surface area contributed by atoms with Gasteiger partial charge >= 0.3 is 0 Å². The minimum absolute atomic E-state index is 0.133. The number of hydrogen-bond donors (Lipinski definition) is 1. The molecule has 2 amide bonds. The Morgan fingerprint density at radius 1 is 1.22 bits per heavy atom. The quantitative estimate of drug-likeness (QED) is 0.594. The van der Waals surface area contributed by atoms with Crippen molar-refractivity contribution in [3.63, 3.8) is 0 Å². The molecule has 5 nitrogen and oxygen atoms in total. The van der Waals surface area contributed by atoms with Crippen molar-refractivity contribution in [3.05, 3.63) is 69.0 Å². The smallest absolute Gasteiger partial charge is 0.267 e. The molecule has 1 atom stereocenters. The molecule has 7 heteroatoms. The molecule has 1 aliphatic heterocycles. The second-order valence-corrected chi connectivity index (χ2v) is 6.33. The Hall–Kier alpha value is -2.00. The summed E-state index contributed by atoms with van der Waals surface area (Å²) in [6.45, 7) is -0.306. The van der Waals surface area contributed by atoms with Gasteiger partial charge in [-0.3, -0.25) is 14.8 Å². The Kier molecular flexibility index (Phi) is 4.31. The Morgan fingerprint density at radius 2 is 1.96 bits per heavy atom. The highest BCUT2D eigenvalue weighted by Gasteiger charge is 2.42. The number of rotatable bonds is 2. The van der Waals surface area contributed by atoms with Gasteiger partial charge in [0.05, 0.1) is 5.56 Å². The van der Waals surface area contributed by atoms with E-state index in [0.717, 1.165) is 8.47 Å². The van der Waals surface area contributed by atoms with Gasteiger partial charge in [-0.1, -0.05) is 24.3 Å². The molecule has 0 spiro atoms. The summed E-state index contributed by atoms with van der Waals surface area (Å²) in [5.74, 6) is -1.92. The highest BCUT2D eigenvalue weighted by atomic mass is 127. The largest absolute Gasteiger partial charge is 0.302 e. The van der Waals surface area contributed by atoms with Crippen molar-refractivity contribution in [2.45, 2.75) is 6.17 Å². The molecule has 118 valence electrons. The SMILES string of the molecule is O=C1CN(C(=O)c2ccccc2F)C(c2cccc(I)c2)N1O. The highest BCUT2D eigenvalue weighted by Crippen LogP contribution is 2.31. The molecule has 23 heavy (non-hydrogen) atoms. The molecule has 1 saturated heterocycles. The molecule has 2 aromatic rings. The summed E-state index contributed by atoms with van der Waals surface area (Å²) in [5.41, 5.74) is 0.446. The molecule has 1 heterocycles. The number of carbonyl (C=O) groups is 2. The minimum Gasteiger partial charge on any atom is -0.302 e. The highest BCUT2D eigenvalue weighted by molar-refractivity contribution is 14.1. The van der Waals surface area contributed by atoms with Crippen LogP contribution in [-0.4, -0.2) is 33.5 Å². The first-order valence-corrected chi connectivity index (χ1v) is 7.89. The molecule has 0 aliphatic carbocycles. The van der Waals surface area contributed by atoms with Gasteiger partial charge in [-0.15, -0.1) is 0 Å². The molecule has 1 aliphatic rings. The lowest BCUT2D eigenvalue weighted by molar-refractivity contribution is -0.168. The van der Waals surface area contributed by atoms with Crippen LogP contribution in [0.25, 0.3) is 0 Å². The molecule has 1 N–H and O–H groups in total. The maximum atomic E-state index is 13.9. The molecule has 3 rings (SSSR count). The van der Waals surface area contributed by atoms with Crippen molar-refractivity contribution in [1.29, 1.82) is 0 Å². The topological polar surface area (TPSA) is 60.9 Å². The molecular weight excluding hydrogens is 414 g/mol. The fourth-order valence-corrected chi connectivity index (χ4v) is 3.10. The summed E-state index contributed by atoms with van der Waals surface area (Å²) < 4.78 is 14.8. The fourth-order valence-electron chi connectivity index (χ4n) is 2.53. The number of carbonyl (C=O) groups excluding carboxylic acids is 2. The van der Waals surface area contributed by atoms with E-state index in [0.29, 0.717) is 10.6 Å². The van der Waals surface area contributed by atoms with E-state index in [4.69, 9.17) is 0 Å². The van der Waals surface area contributed by atoms with Gasteiger partial charge in [0.15, 0.2) is 6.17 Å². The van der Waals surface area contributed by atoms with E-state index in [1.165, 1.54) is 18.2 Å². The zero-order valence-electron chi connectivity index (χ0n) is 11.8. The molecule has 0 bridgehead atoms. The Bertz CT molecular complexity index is 783. The average molecular weight is 426 g/mol. The van der Waals surface area contributed by atoms with Crippen molar-refractivity contribution in [2.24, 2.45) is 0 Å². The van der Waals surface area contributed by atoms with Crippen LogP contribution in [0.3, 0.4) is 0 Å². The minimum atomic E-state index is -0.968. The maximum Gasteiger partial charge on any atom is 0.267 e. The number of hydrogen-bond acceptors (Lipinski definition) is 3. The lowest BCUT2D eigenvalue weighted by Crippen LogP contribution is -2.34. The van der Waals surface area contributed by atoms with Crippen LogP contribution in [0.4, 0.5) is 4.39 Å². The van der Waals surface area contributed by atoms with Crippen LogP contribution in [0.15, 0.2) is 48.5 Å². The van der Waals surface area contributed by atoms with Crippen LogP contribution >= 0.6 is 22.6 Å². The molecule has 0 aromatic heterocycles. The third-order valence-corrected chi connectivity index (χ3v) is 4.27. The van der Waals surface area contributed by atoms with Crippen molar-refractivity contribution in [1.82, 2.24) is 9.96 Å². The first kappa shape index (κ1) is 15.9. The molecule has 0 radical (unpaired) electrons. The van der Waals surface area contributed by atoms with E-state index in [2.05, 4.69) is 22.6 Å². The second kappa shape index (κ2) is 6.25. The summed E-state index contributed by atoms with van der Waals surface area (Å²) in [6.07, 6.45) is -0.968.